The van der Waals surface area contributed by atoms with Gasteiger partial charge in [-0.3, -0.25) is 14.6 Å². The molecule has 33 heavy (non-hydrogen) atoms. The normalized spacial score (nSPS) is 29.5. The van der Waals surface area contributed by atoms with Gasteiger partial charge in [0.1, 0.15) is 0 Å². The Morgan fingerprint density at radius 1 is 1.12 bits per heavy atom. The molecule has 1 aromatic rings. The molecule has 1 aliphatic carbocycles. The molecule has 3 saturated heterocycles. The van der Waals surface area contributed by atoms with Crippen LogP contribution in [0, 0.1) is 11.8 Å². The first-order chi connectivity index (χ1) is 16.2. The molecule has 3 fully saturated rings. The Morgan fingerprint density at radius 3 is 2.85 bits per heavy atom. The summed E-state index contributed by atoms with van der Waals surface area (Å²) < 4.78 is 10.7. The Kier molecular flexibility index (Phi) is 6.93. The molecule has 0 saturated carbocycles. The van der Waals surface area contributed by atoms with Gasteiger partial charge in [0.2, 0.25) is 5.91 Å². The zero-order chi connectivity index (χ0) is 22.8. The first-order valence-electron chi connectivity index (χ1n) is 12.8. The molecule has 3 aliphatic heterocycles. The molecule has 6 heteroatoms. The maximum Gasteiger partial charge on any atom is 0.234 e. The highest BCUT2D eigenvalue weighted by Crippen LogP contribution is 2.44. The van der Waals surface area contributed by atoms with Crippen molar-refractivity contribution in [1.82, 2.24) is 15.1 Å². The first kappa shape index (κ1) is 22.7. The van der Waals surface area contributed by atoms with Gasteiger partial charge in [0.25, 0.3) is 0 Å². The lowest BCUT2D eigenvalue weighted by molar-refractivity contribution is -0.123. The minimum atomic E-state index is 0.144. The van der Waals surface area contributed by atoms with E-state index in [0.717, 1.165) is 42.0 Å². The summed E-state index contributed by atoms with van der Waals surface area (Å²) in [6.45, 7) is 4.68. The van der Waals surface area contributed by atoms with E-state index in [-0.39, 0.29) is 5.91 Å². The molecule has 0 radical (unpaired) electrons. The van der Waals surface area contributed by atoms with Crippen LogP contribution in [-0.2, 0) is 11.2 Å². The number of carbonyl (C=O) groups is 1. The molecule has 4 aliphatic rings. The van der Waals surface area contributed by atoms with Gasteiger partial charge in [0.15, 0.2) is 11.5 Å². The fourth-order valence-corrected chi connectivity index (χ4v) is 6.88. The van der Waals surface area contributed by atoms with Crippen LogP contribution in [0.5, 0.6) is 11.5 Å². The largest absolute Gasteiger partial charge is 0.493 e. The second-order valence-corrected chi connectivity index (χ2v) is 10.3. The fourth-order valence-electron chi connectivity index (χ4n) is 6.88. The predicted molar refractivity (Wildman–Crippen MR) is 130 cm³/mol. The standard InChI is InChI=1S/C27H39N3O3/c1-32-24-9-8-19(14-25(24)33-2)10-11-28-26(31)18-30-13-5-6-20-15-21-16-22(27(20)30)17-29-12-4-3-7-23(21)29/h8-9,14-15,21-23,27H,3-7,10-13,16-18H2,1-2H3,(H,28,31)/t21-,22-,23+,27+/m0/s1. The van der Waals surface area contributed by atoms with Crippen molar-refractivity contribution < 1.29 is 14.3 Å². The molecule has 6 nitrogen and oxygen atoms in total. The van der Waals surface area contributed by atoms with Crippen molar-refractivity contribution in [3.8, 4) is 11.5 Å². The summed E-state index contributed by atoms with van der Waals surface area (Å²) in [5.74, 6) is 3.03. The average Bonchev–Trinajstić information content (AvgIpc) is 2.84. The highest BCUT2D eigenvalue weighted by atomic mass is 16.5. The van der Waals surface area contributed by atoms with Gasteiger partial charge < -0.3 is 14.8 Å². The van der Waals surface area contributed by atoms with Crippen LogP contribution in [0.3, 0.4) is 0 Å². The van der Waals surface area contributed by atoms with Crippen molar-refractivity contribution in [2.24, 2.45) is 11.8 Å². The Labute approximate surface area is 198 Å². The van der Waals surface area contributed by atoms with Gasteiger partial charge >= 0.3 is 0 Å². The van der Waals surface area contributed by atoms with Gasteiger partial charge in [-0.1, -0.05) is 24.1 Å². The van der Waals surface area contributed by atoms with Crippen LogP contribution in [-0.4, -0.2) is 74.7 Å². The number of hydrogen-bond donors (Lipinski definition) is 1. The number of amides is 1. The Balaban J connectivity index is 1.17. The van der Waals surface area contributed by atoms with E-state index in [0.29, 0.717) is 25.0 Å². The van der Waals surface area contributed by atoms with Gasteiger partial charge in [-0.25, -0.2) is 0 Å². The smallest absolute Gasteiger partial charge is 0.234 e. The summed E-state index contributed by atoms with van der Waals surface area (Å²) >= 11 is 0. The highest BCUT2D eigenvalue weighted by molar-refractivity contribution is 5.78. The first-order valence-corrected chi connectivity index (χ1v) is 12.8. The molecule has 180 valence electrons. The lowest BCUT2D eigenvalue weighted by Gasteiger charge is -2.54. The molecule has 5 rings (SSSR count). The molecule has 0 spiro atoms. The van der Waals surface area contributed by atoms with Crippen molar-refractivity contribution >= 4 is 5.91 Å². The van der Waals surface area contributed by atoms with E-state index in [1.54, 1.807) is 19.8 Å². The maximum absolute atomic E-state index is 12.9. The molecule has 1 N–H and O–H groups in total. The number of fused-ring (bicyclic) bond motifs is 6. The molecule has 1 amide bonds. The average molecular weight is 454 g/mol. The molecule has 0 aromatic heterocycles. The summed E-state index contributed by atoms with van der Waals surface area (Å²) in [4.78, 5) is 18.1. The number of hydrogen-bond acceptors (Lipinski definition) is 5. The number of ether oxygens (including phenoxy) is 2. The molecular formula is C27H39N3O3. The van der Waals surface area contributed by atoms with Crippen LogP contribution in [0.1, 0.15) is 44.1 Å². The van der Waals surface area contributed by atoms with Crippen LogP contribution in [0.15, 0.2) is 29.8 Å². The van der Waals surface area contributed by atoms with E-state index >= 15 is 0 Å². The van der Waals surface area contributed by atoms with Crippen molar-refractivity contribution in [1.29, 1.82) is 0 Å². The van der Waals surface area contributed by atoms with Gasteiger partial charge in [-0.2, -0.15) is 0 Å². The number of nitrogens with one attached hydrogen (secondary N) is 1. The quantitative estimate of drug-likeness (QED) is 0.643. The molecule has 0 unspecified atom stereocenters. The zero-order valence-corrected chi connectivity index (χ0v) is 20.2. The van der Waals surface area contributed by atoms with Crippen molar-refractivity contribution in [2.45, 2.75) is 57.0 Å². The molecular weight excluding hydrogens is 414 g/mol. The number of benzene rings is 1. The van der Waals surface area contributed by atoms with Crippen molar-refractivity contribution in [3.05, 3.63) is 35.4 Å². The molecule has 2 bridgehead atoms. The molecule has 1 aromatic carbocycles. The second-order valence-electron chi connectivity index (χ2n) is 10.3. The Bertz CT molecular complexity index is 885. The van der Waals surface area contributed by atoms with E-state index in [1.807, 2.05) is 18.2 Å². The van der Waals surface area contributed by atoms with Gasteiger partial charge in [-0.15, -0.1) is 0 Å². The minimum Gasteiger partial charge on any atom is -0.493 e. The second kappa shape index (κ2) is 10.1. The van der Waals surface area contributed by atoms with Gasteiger partial charge in [0.05, 0.1) is 20.8 Å². The third-order valence-corrected chi connectivity index (χ3v) is 8.29. The van der Waals surface area contributed by atoms with Gasteiger partial charge in [0, 0.05) is 25.2 Å². The van der Waals surface area contributed by atoms with Crippen LogP contribution >= 0.6 is 0 Å². The number of nitrogens with zero attached hydrogens (tertiary/aromatic N) is 2. The van der Waals surface area contributed by atoms with E-state index in [4.69, 9.17) is 9.47 Å². The fraction of sp³-hybridized carbons (Fsp3) is 0.667. The number of carbonyl (C=O) groups excluding carboxylic acids is 1. The van der Waals surface area contributed by atoms with Crippen LogP contribution in [0.2, 0.25) is 0 Å². The van der Waals surface area contributed by atoms with E-state index in [9.17, 15) is 4.79 Å². The number of likely N-dealkylation sites (tertiary alicyclic amines) is 1. The van der Waals surface area contributed by atoms with Gasteiger partial charge in [-0.05, 0) is 81.1 Å². The Morgan fingerprint density at radius 2 is 2.00 bits per heavy atom. The number of rotatable bonds is 7. The summed E-state index contributed by atoms with van der Waals surface area (Å²) in [5.41, 5.74) is 2.76. The number of methoxy groups -OCH3 is 2. The molecule has 3 heterocycles. The zero-order valence-electron chi connectivity index (χ0n) is 20.2. The van der Waals surface area contributed by atoms with E-state index < -0.39 is 0 Å². The third kappa shape index (κ3) is 4.78. The van der Waals surface area contributed by atoms with Crippen molar-refractivity contribution in [2.75, 3.05) is 46.9 Å². The monoisotopic (exact) mass is 453 g/mol. The summed E-state index contributed by atoms with van der Waals surface area (Å²) in [6.07, 6.45) is 11.2. The third-order valence-electron chi connectivity index (χ3n) is 8.29. The summed E-state index contributed by atoms with van der Waals surface area (Å²) in [5, 5.41) is 3.16. The van der Waals surface area contributed by atoms with Crippen LogP contribution in [0.25, 0.3) is 0 Å². The topological polar surface area (TPSA) is 54.0 Å². The maximum atomic E-state index is 12.9. The van der Waals surface area contributed by atoms with E-state index in [1.165, 1.54) is 51.6 Å². The summed E-state index contributed by atoms with van der Waals surface area (Å²) in [6, 6.07) is 7.19. The summed E-state index contributed by atoms with van der Waals surface area (Å²) in [7, 11) is 3.29. The number of piperidine rings is 3. The van der Waals surface area contributed by atoms with Crippen LogP contribution < -0.4 is 14.8 Å². The lowest BCUT2D eigenvalue weighted by atomic mass is 9.68. The lowest BCUT2D eigenvalue weighted by Crippen LogP contribution is -2.60. The predicted octanol–water partition coefficient (Wildman–Crippen LogP) is 3.26. The van der Waals surface area contributed by atoms with Crippen LogP contribution in [0.4, 0.5) is 0 Å². The highest BCUT2D eigenvalue weighted by Gasteiger charge is 2.46. The Hall–Kier alpha value is -2.05. The van der Waals surface area contributed by atoms with Crippen molar-refractivity contribution in [3.63, 3.8) is 0 Å². The SMILES string of the molecule is COc1ccc(CCNC(=O)CN2CCCC3=C[C@H]4C[C@@H](CN5CCCC[C@H]45)[C@@H]32)cc1OC. The molecule has 4 atom stereocenters. The minimum absolute atomic E-state index is 0.144. The van der Waals surface area contributed by atoms with E-state index in [2.05, 4.69) is 21.2 Å².